The molecular formula is C31H32F4N6O3. The third-order valence-electron chi connectivity index (χ3n) is 7.95. The Bertz CT molecular complexity index is 1790. The van der Waals surface area contributed by atoms with E-state index in [-0.39, 0.29) is 23.5 Å². The lowest BCUT2D eigenvalue weighted by atomic mass is 10.1. The predicted octanol–water partition coefficient (Wildman–Crippen LogP) is 3.24. The van der Waals surface area contributed by atoms with Gasteiger partial charge in [-0.2, -0.15) is 13.2 Å². The van der Waals surface area contributed by atoms with E-state index in [0.29, 0.717) is 38.3 Å². The number of benzene rings is 2. The van der Waals surface area contributed by atoms with Crippen LogP contribution in [0.4, 0.5) is 23.2 Å². The summed E-state index contributed by atoms with van der Waals surface area (Å²) in [6.07, 6.45) is -3.22. The number of halogens is 4. The largest absolute Gasteiger partial charge is 0.416 e. The minimum Gasteiger partial charge on any atom is -0.363 e. The first kappa shape index (κ1) is 31.0. The standard InChI is InChI=1S/C31H32F4N6O3/c1-20-28(39-14-12-38(13-15-39)17-21-10-11-27(42)37-16-21)29(43)41(19-26(36)22-6-3-2-4-7-22)30(44)40(20)18-23-24(31(33,34)35)8-5-9-25(23)32/h2-11,16,26H,12-15,17-19,36H2,1H3,(H,37,42)/t26-/m1/s1. The van der Waals surface area contributed by atoms with E-state index in [0.717, 1.165) is 32.9 Å². The Morgan fingerprint density at radius 3 is 2.23 bits per heavy atom. The van der Waals surface area contributed by atoms with Crippen molar-refractivity contribution < 1.29 is 17.6 Å². The summed E-state index contributed by atoms with van der Waals surface area (Å²) in [5.74, 6) is -1.11. The van der Waals surface area contributed by atoms with Gasteiger partial charge < -0.3 is 15.6 Å². The van der Waals surface area contributed by atoms with Crippen LogP contribution in [0.1, 0.15) is 34.0 Å². The molecule has 232 valence electrons. The zero-order chi connectivity index (χ0) is 31.6. The van der Waals surface area contributed by atoms with E-state index < -0.39 is 47.0 Å². The van der Waals surface area contributed by atoms with E-state index in [9.17, 15) is 31.9 Å². The lowest BCUT2D eigenvalue weighted by molar-refractivity contribution is -0.138. The maximum absolute atomic E-state index is 14.9. The molecule has 1 fully saturated rings. The van der Waals surface area contributed by atoms with Crippen molar-refractivity contribution in [3.05, 3.63) is 132 Å². The average molecular weight is 613 g/mol. The van der Waals surface area contributed by atoms with Gasteiger partial charge in [0.05, 0.1) is 18.7 Å². The summed E-state index contributed by atoms with van der Waals surface area (Å²) in [4.78, 5) is 45.7. The second-order valence-electron chi connectivity index (χ2n) is 10.8. The second-order valence-corrected chi connectivity index (χ2v) is 10.8. The van der Waals surface area contributed by atoms with Gasteiger partial charge in [-0.05, 0) is 30.2 Å². The number of anilines is 1. The minimum atomic E-state index is -4.86. The maximum Gasteiger partial charge on any atom is 0.416 e. The van der Waals surface area contributed by atoms with E-state index in [1.165, 1.54) is 13.0 Å². The Labute approximate surface area is 249 Å². The number of nitrogens with two attached hydrogens (primary N) is 1. The van der Waals surface area contributed by atoms with Crippen LogP contribution >= 0.6 is 0 Å². The molecule has 4 aromatic rings. The van der Waals surface area contributed by atoms with Crippen molar-refractivity contribution in [2.75, 3.05) is 31.1 Å². The molecule has 5 rings (SSSR count). The molecule has 0 unspecified atom stereocenters. The number of aromatic nitrogens is 3. The Morgan fingerprint density at radius 2 is 1.59 bits per heavy atom. The van der Waals surface area contributed by atoms with Gasteiger partial charge in [-0.1, -0.05) is 42.5 Å². The molecule has 1 saturated heterocycles. The monoisotopic (exact) mass is 612 g/mol. The van der Waals surface area contributed by atoms with Crippen molar-refractivity contribution in [2.24, 2.45) is 5.73 Å². The van der Waals surface area contributed by atoms with Crippen LogP contribution in [0.2, 0.25) is 0 Å². The Balaban J connectivity index is 1.54. The molecule has 13 heteroatoms. The van der Waals surface area contributed by atoms with Crippen molar-refractivity contribution in [3.63, 3.8) is 0 Å². The molecule has 2 aromatic carbocycles. The Kier molecular flexibility index (Phi) is 8.88. The zero-order valence-corrected chi connectivity index (χ0v) is 24.0. The molecule has 3 N–H and O–H groups in total. The summed E-state index contributed by atoms with van der Waals surface area (Å²) in [7, 11) is 0. The average Bonchev–Trinajstić information content (AvgIpc) is 3.00. The van der Waals surface area contributed by atoms with Crippen molar-refractivity contribution >= 4 is 5.69 Å². The number of hydrogen-bond donors (Lipinski definition) is 2. The quantitative estimate of drug-likeness (QED) is 0.296. The van der Waals surface area contributed by atoms with Crippen LogP contribution in [-0.4, -0.2) is 45.2 Å². The molecule has 0 aliphatic carbocycles. The molecule has 0 radical (unpaired) electrons. The third-order valence-corrected chi connectivity index (χ3v) is 7.95. The molecule has 1 aliphatic heterocycles. The van der Waals surface area contributed by atoms with Crippen molar-refractivity contribution in [1.29, 1.82) is 0 Å². The van der Waals surface area contributed by atoms with E-state index in [1.54, 1.807) is 47.5 Å². The molecule has 0 bridgehead atoms. The normalized spacial score (nSPS) is 15.0. The van der Waals surface area contributed by atoms with Gasteiger partial charge in [0.15, 0.2) is 0 Å². The number of pyridine rings is 1. The fourth-order valence-corrected chi connectivity index (χ4v) is 5.57. The van der Waals surface area contributed by atoms with Gasteiger partial charge in [0.2, 0.25) is 5.56 Å². The lowest BCUT2D eigenvalue weighted by Crippen LogP contribution is -2.51. The fraction of sp³-hybridized carbons (Fsp3) is 0.323. The molecule has 2 aromatic heterocycles. The van der Waals surface area contributed by atoms with E-state index in [2.05, 4.69) is 9.88 Å². The summed E-state index contributed by atoms with van der Waals surface area (Å²) in [5.41, 5.74) is 4.65. The highest BCUT2D eigenvalue weighted by atomic mass is 19.4. The summed E-state index contributed by atoms with van der Waals surface area (Å²) in [5, 5.41) is 0. The van der Waals surface area contributed by atoms with Gasteiger partial charge in [-0.3, -0.25) is 23.6 Å². The van der Waals surface area contributed by atoms with Gasteiger partial charge in [-0.15, -0.1) is 0 Å². The van der Waals surface area contributed by atoms with Crippen LogP contribution < -0.4 is 27.4 Å². The summed E-state index contributed by atoms with van der Waals surface area (Å²) >= 11 is 0. The van der Waals surface area contributed by atoms with Gasteiger partial charge >= 0.3 is 11.9 Å². The number of rotatable bonds is 8. The molecule has 1 aliphatic rings. The molecule has 3 heterocycles. The molecular weight excluding hydrogens is 580 g/mol. The lowest BCUT2D eigenvalue weighted by Gasteiger charge is -2.37. The SMILES string of the molecule is Cc1c(N2CCN(Cc3ccc(=O)[nH]c3)CC2)c(=O)n(C[C@@H](N)c2ccccc2)c(=O)n1Cc1c(F)cccc1C(F)(F)F. The van der Waals surface area contributed by atoms with Crippen LogP contribution in [-0.2, 0) is 25.8 Å². The molecule has 9 nitrogen and oxygen atoms in total. The van der Waals surface area contributed by atoms with Crippen LogP contribution in [0.25, 0.3) is 0 Å². The Hall–Kier alpha value is -4.49. The van der Waals surface area contributed by atoms with Crippen LogP contribution in [0.5, 0.6) is 0 Å². The number of nitrogens with zero attached hydrogens (tertiary/aromatic N) is 4. The second kappa shape index (κ2) is 12.6. The first-order chi connectivity index (χ1) is 20.9. The van der Waals surface area contributed by atoms with Gasteiger partial charge in [0, 0.05) is 62.3 Å². The van der Waals surface area contributed by atoms with Crippen LogP contribution in [0.3, 0.4) is 0 Å². The smallest absolute Gasteiger partial charge is 0.363 e. The van der Waals surface area contributed by atoms with Gasteiger partial charge in [-0.25, -0.2) is 9.18 Å². The number of aromatic amines is 1. The fourth-order valence-electron chi connectivity index (χ4n) is 5.57. The highest BCUT2D eigenvalue weighted by molar-refractivity contribution is 5.50. The van der Waals surface area contributed by atoms with Crippen molar-refractivity contribution in [2.45, 2.75) is 38.8 Å². The first-order valence-electron chi connectivity index (χ1n) is 14.1. The topological polar surface area (TPSA) is 109 Å². The highest BCUT2D eigenvalue weighted by Gasteiger charge is 2.35. The van der Waals surface area contributed by atoms with Crippen molar-refractivity contribution in [3.8, 4) is 0 Å². The number of alkyl halides is 3. The number of hydrogen-bond acceptors (Lipinski definition) is 6. The summed E-state index contributed by atoms with van der Waals surface area (Å²) in [6.45, 7) is 2.92. The maximum atomic E-state index is 14.9. The van der Waals surface area contributed by atoms with E-state index >= 15 is 0 Å². The molecule has 44 heavy (non-hydrogen) atoms. The van der Waals surface area contributed by atoms with Crippen LogP contribution in [0.15, 0.2) is 81.2 Å². The molecule has 1 atom stereocenters. The van der Waals surface area contributed by atoms with Crippen LogP contribution in [0, 0.1) is 12.7 Å². The van der Waals surface area contributed by atoms with Gasteiger partial charge in [0.25, 0.3) is 5.56 Å². The van der Waals surface area contributed by atoms with E-state index in [4.69, 9.17) is 5.73 Å². The molecule has 0 amide bonds. The number of H-pyrrole nitrogens is 1. The third kappa shape index (κ3) is 6.53. The summed E-state index contributed by atoms with van der Waals surface area (Å²) < 4.78 is 58.4. The minimum absolute atomic E-state index is 0.134. The molecule has 0 saturated carbocycles. The predicted molar refractivity (Wildman–Crippen MR) is 158 cm³/mol. The first-order valence-corrected chi connectivity index (χ1v) is 14.1. The summed E-state index contributed by atoms with van der Waals surface area (Å²) in [6, 6.07) is 13.9. The highest BCUT2D eigenvalue weighted by Crippen LogP contribution is 2.33. The number of piperazine rings is 1. The van der Waals surface area contributed by atoms with E-state index in [1.807, 2.05) is 0 Å². The molecule has 0 spiro atoms. The Morgan fingerprint density at radius 1 is 0.886 bits per heavy atom. The zero-order valence-electron chi connectivity index (χ0n) is 24.0. The van der Waals surface area contributed by atoms with Gasteiger partial charge in [0.1, 0.15) is 11.5 Å². The number of nitrogens with one attached hydrogen (secondary N) is 1. The van der Waals surface area contributed by atoms with Crippen molar-refractivity contribution in [1.82, 2.24) is 19.0 Å².